The molecule has 1 atom stereocenters. The molecule has 0 radical (unpaired) electrons. The van der Waals surface area contributed by atoms with Crippen LogP contribution in [0.1, 0.15) is 31.6 Å². The van der Waals surface area contributed by atoms with Gasteiger partial charge in [0.2, 0.25) is 0 Å². The summed E-state index contributed by atoms with van der Waals surface area (Å²) in [5.41, 5.74) is 0. The fourth-order valence-electron chi connectivity index (χ4n) is 1.40. The van der Waals surface area contributed by atoms with Gasteiger partial charge in [0.1, 0.15) is 0 Å². The Morgan fingerprint density at radius 1 is 1.67 bits per heavy atom. The third-order valence-corrected chi connectivity index (χ3v) is 3.47. The van der Waals surface area contributed by atoms with Crippen LogP contribution in [0.25, 0.3) is 0 Å². The molecule has 2 N–H and O–H groups in total. The molecule has 0 saturated carbocycles. The van der Waals surface area contributed by atoms with Crippen molar-refractivity contribution in [1.29, 1.82) is 0 Å². The molecule has 5 nitrogen and oxygen atoms in total. The Balaban J connectivity index is 2.42. The van der Waals surface area contributed by atoms with Crippen molar-refractivity contribution in [2.75, 3.05) is 18.9 Å². The number of rotatable bonds is 6. The molecule has 2 amide bonds. The molecule has 0 saturated heterocycles. The zero-order valence-corrected chi connectivity index (χ0v) is 12.0. The topological polar surface area (TPSA) is 65.5 Å². The highest BCUT2D eigenvalue weighted by Gasteiger charge is 2.11. The molecule has 1 heterocycles. The van der Waals surface area contributed by atoms with E-state index in [1.807, 2.05) is 0 Å². The predicted molar refractivity (Wildman–Crippen MR) is 74.1 cm³/mol. The first-order valence-electron chi connectivity index (χ1n) is 6.17. The summed E-state index contributed by atoms with van der Waals surface area (Å²) in [6, 6.07) is -0.187. The molecule has 0 aliphatic heterocycles. The number of urea groups is 1. The summed E-state index contributed by atoms with van der Waals surface area (Å²) in [6.07, 6.45) is 4.05. The normalized spacial score (nSPS) is 12.2. The second-order valence-electron chi connectivity index (χ2n) is 4.37. The van der Waals surface area contributed by atoms with E-state index in [0.29, 0.717) is 18.1 Å². The van der Waals surface area contributed by atoms with Gasteiger partial charge in [0.15, 0.2) is 5.13 Å². The summed E-state index contributed by atoms with van der Waals surface area (Å²) < 4.78 is 0. The average molecular weight is 271 g/mol. The molecule has 1 aromatic rings. The van der Waals surface area contributed by atoms with Crippen LogP contribution in [0, 0.1) is 0 Å². The minimum absolute atomic E-state index is 0.187. The molecule has 0 aliphatic rings. The number of amides is 2. The monoisotopic (exact) mass is 271 g/mol. The number of carbonyl (C=O) groups is 1. The van der Waals surface area contributed by atoms with Gasteiger partial charge in [-0.3, -0.25) is 5.32 Å². The lowest BCUT2D eigenvalue weighted by Crippen LogP contribution is -2.33. The van der Waals surface area contributed by atoms with Crippen molar-refractivity contribution in [3.8, 4) is 0 Å². The Kier molecular flexibility index (Phi) is 6.07. The van der Waals surface area contributed by atoms with Crippen molar-refractivity contribution in [3.05, 3.63) is 11.1 Å². The summed E-state index contributed by atoms with van der Waals surface area (Å²) in [4.78, 5) is 18.7. The lowest BCUT2D eigenvalue weighted by atomic mass is 10.3. The number of hydrogen-bond donors (Lipinski definition) is 2. The highest BCUT2D eigenvalue weighted by molar-refractivity contribution is 7.15. The first-order chi connectivity index (χ1) is 8.52. The lowest BCUT2D eigenvalue weighted by Gasteiger charge is -2.17. The number of aromatic nitrogens is 1. The number of carbonyl (C=O) groups excluding carboxylic acids is 1. The van der Waals surface area contributed by atoms with E-state index in [-0.39, 0.29) is 6.03 Å². The van der Waals surface area contributed by atoms with Crippen LogP contribution in [-0.2, 0) is 6.42 Å². The van der Waals surface area contributed by atoms with E-state index in [0.717, 1.165) is 12.8 Å². The van der Waals surface area contributed by atoms with Gasteiger partial charge in [-0.25, -0.2) is 9.78 Å². The molecule has 0 aromatic carbocycles. The van der Waals surface area contributed by atoms with Crippen molar-refractivity contribution in [2.45, 2.75) is 39.2 Å². The first-order valence-corrected chi connectivity index (χ1v) is 6.99. The molecular weight excluding hydrogens is 250 g/mol. The van der Waals surface area contributed by atoms with Crippen molar-refractivity contribution < 1.29 is 9.90 Å². The first kappa shape index (κ1) is 14.9. The van der Waals surface area contributed by atoms with Crippen LogP contribution in [-0.4, -0.2) is 40.7 Å². The Morgan fingerprint density at radius 3 is 3.00 bits per heavy atom. The van der Waals surface area contributed by atoms with Gasteiger partial charge < -0.3 is 10.0 Å². The molecule has 0 aliphatic carbocycles. The van der Waals surface area contributed by atoms with Crippen LogP contribution >= 0.6 is 11.3 Å². The maximum atomic E-state index is 11.8. The second kappa shape index (κ2) is 7.33. The van der Waals surface area contributed by atoms with E-state index in [4.69, 9.17) is 5.11 Å². The molecule has 0 bridgehead atoms. The largest absolute Gasteiger partial charge is 0.393 e. The Labute approximate surface area is 112 Å². The fraction of sp³-hybridized carbons (Fsp3) is 0.667. The minimum Gasteiger partial charge on any atom is -0.393 e. The van der Waals surface area contributed by atoms with Crippen molar-refractivity contribution in [2.24, 2.45) is 0 Å². The molecule has 1 aromatic heterocycles. The third kappa shape index (κ3) is 5.01. The van der Waals surface area contributed by atoms with Crippen LogP contribution in [0.15, 0.2) is 6.20 Å². The van der Waals surface area contributed by atoms with Gasteiger partial charge in [-0.05, 0) is 19.8 Å². The number of aliphatic hydroxyl groups excluding tert-OH is 1. The maximum absolute atomic E-state index is 11.8. The summed E-state index contributed by atoms with van der Waals surface area (Å²) in [5, 5.41) is 12.6. The van der Waals surface area contributed by atoms with E-state index in [9.17, 15) is 4.79 Å². The Hall–Kier alpha value is -1.14. The lowest BCUT2D eigenvalue weighted by molar-refractivity contribution is 0.167. The van der Waals surface area contributed by atoms with Gasteiger partial charge in [-0.2, -0.15) is 0 Å². The van der Waals surface area contributed by atoms with E-state index in [2.05, 4.69) is 17.2 Å². The quantitative estimate of drug-likeness (QED) is 0.834. The average Bonchev–Trinajstić information content (AvgIpc) is 2.73. The maximum Gasteiger partial charge on any atom is 0.323 e. The van der Waals surface area contributed by atoms with Gasteiger partial charge in [-0.1, -0.05) is 13.3 Å². The second-order valence-corrected chi connectivity index (χ2v) is 5.49. The van der Waals surface area contributed by atoms with Gasteiger partial charge in [-0.15, -0.1) is 11.3 Å². The van der Waals surface area contributed by atoms with Crippen LogP contribution in [0.4, 0.5) is 9.93 Å². The molecule has 6 heteroatoms. The number of nitrogens with zero attached hydrogens (tertiary/aromatic N) is 2. The molecule has 0 spiro atoms. The molecule has 1 rings (SSSR count). The summed E-state index contributed by atoms with van der Waals surface area (Å²) in [6.45, 7) is 4.35. The Morgan fingerprint density at radius 2 is 2.39 bits per heavy atom. The van der Waals surface area contributed by atoms with Crippen LogP contribution < -0.4 is 5.32 Å². The van der Waals surface area contributed by atoms with Gasteiger partial charge in [0, 0.05) is 24.7 Å². The number of thiazole rings is 1. The molecule has 0 fully saturated rings. The smallest absolute Gasteiger partial charge is 0.323 e. The third-order valence-electron chi connectivity index (χ3n) is 2.49. The van der Waals surface area contributed by atoms with E-state index >= 15 is 0 Å². The highest BCUT2D eigenvalue weighted by Crippen LogP contribution is 2.19. The number of anilines is 1. The van der Waals surface area contributed by atoms with E-state index in [1.165, 1.54) is 16.2 Å². The van der Waals surface area contributed by atoms with Gasteiger partial charge in [0.05, 0.1) is 6.10 Å². The number of aliphatic hydroxyl groups is 1. The van der Waals surface area contributed by atoms with Gasteiger partial charge in [0.25, 0.3) is 0 Å². The molecule has 102 valence electrons. The highest BCUT2D eigenvalue weighted by atomic mass is 32.1. The molecule has 18 heavy (non-hydrogen) atoms. The van der Waals surface area contributed by atoms with Crippen molar-refractivity contribution in [3.63, 3.8) is 0 Å². The van der Waals surface area contributed by atoms with E-state index in [1.54, 1.807) is 25.1 Å². The zero-order chi connectivity index (χ0) is 13.5. The number of hydrogen-bond acceptors (Lipinski definition) is 4. The SMILES string of the molecule is CCCc1cnc(NC(=O)N(C)CCC(C)O)s1. The zero-order valence-electron chi connectivity index (χ0n) is 11.1. The number of nitrogens with one attached hydrogen (secondary N) is 1. The summed E-state index contributed by atoms with van der Waals surface area (Å²) in [5.74, 6) is 0. The molecular formula is C12H21N3O2S. The Bertz CT molecular complexity index is 379. The van der Waals surface area contributed by atoms with Crippen LogP contribution in [0.2, 0.25) is 0 Å². The fourth-order valence-corrected chi connectivity index (χ4v) is 2.30. The van der Waals surface area contributed by atoms with Crippen LogP contribution in [0.5, 0.6) is 0 Å². The van der Waals surface area contributed by atoms with Crippen LogP contribution in [0.3, 0.4) is 0 Å². The minimum atomic E-state index is -0.392. The summed E-state index contributed by atoms with van der Waals surface area (Å²) >= 11 is 1.51. The van der Waals surface area contributed by atoms with E-state index < -0.39 is 6.10 Å². The van der Waals surface area contributed by atoms with Gasteiger partial charge >= 0.3 is 6.03 Å². The van der Waals surface area contributed by atoms with Crippen molar-refractivity contribution >= 4 is 22.5 Å². The predicted octanol–water partition coefficient (Wildman–Crippen LogP) is 2.33. The molecule has 1 unspecified atom stereocenters. The van der Waals surface area contributed by atoms with Crippen molar-refractivity contribution in [1.82, 2.24) is 9.88 Å². The standard InChI is InChI=1S/C12H21N3O2S/c1-4-5-10-8-13-11(18-10)14-12(17)15(3)7-6-9(2)16/h8-9,16H,4-7H2,1-3H3,(H,13,14,17). The summed E-state index contributed by atoms with van der Waals surface area (Å²) in [7, 11) is 1.71. The number of aryl methyl sites for hydroxylation is 1.